The summed E-state index contributed by atoms with van der Waals surface area (Å²) in [4.78, 5) is 29.5. The molecule has 3 aromatic carbocycles. The second kappa shape index (κ2) is 11.3. The van der Waals surface area contributed by atoms with Gasteiger partial charge in [0.1, 0.15) is 12.4 Å². The molecule has 0 saturated heterocycles. The number of aromatic nitrogens is 2. The fourth-order valence-corrected chi connectivity index (χ4v) is 4.99. The molecule has 38 heavy (non-hydrogen) atoms. The first-order chi connectivity index (χ1) is 18.4. The highest BCUT2D eigenvalue weighted by Crippen LogP contribution is 2.32. The lowest BCUT2D eigenvalue weighted by Crippen LogP contribution is -2.25. The van der Waals surface area contributed by atoms with Gasteiger partial charge in [0.2, 0.25) is 0 Å². The Labute approximate surface area is 228 Å². The van der Waals surface area contributed by atoms with Gasteiger partial charge in [0, 0.05) is 17.5 Å². The molecule has 0 N–H and O–H groups in total. The average molecular weight is 551 g/mol. The van der Waals surface area contributed by atoms with Crippen molar-refractivity contribution in [3.05, 3.63) is 108 Å². The average Bonchev–Trinajstić information content (AvgIpc) is 2.93. The normalized spacial score (nSPS) is 14.3. The Bertz CT molecular complexity index is 1600. The summed E-state index contributed by atoms with van der Waals surface area (Å²) >= 11 is 12.0. The van der Waals surface area contributed by atoms with Crippen LogP contribution in [0.25, 0.3) is 10.9 Å². The number of hydrogen-bond acceptors (Lipinski definition) is 6. The van der Waals surface area contributed by atoms with E-state index < -0.39 is 4.92 Å². The maximum atomic E-state index is 13.4. The van der Waals surface area contributed by atoms with E-state index in [0.29, 0.717) is 32.3 Å². The Morgan fingerprint density at radius 3 is 2.61 bits per heavy atom. The molecule has 10 heteroatoms. The van der Waals surface area contributed by atoms with Gasteiger partial charge in [-0.25, -0.2) is 4.98 Å². The Balaban J connectivity index is 1.46. The first kappa shape index (κ1) is 25.9. The Kier molecular flexibility index (Phi) is 7.72. The zero-order valence-corrected chi connectivity index (χ0v) is 21.9. The summed E-state index contributed by atoms with van der Waals surface area (Å²) in [5.74, 6) is 0.857. The molecular weight excluding hydrogens is 527 g/mol. The number of fused-ring (bicyclic) bond motifs is 1. The number of benzene rings is 3. The number of nitrogens with zero attached hydrogens (tertiary/aromatic N) is 4. The number of nitro benzene ring substituents is 1. The molecule has 0 spiro atoms. The van der Waals surface area contributed by atoms with Gasteiger partial charge in [-0.2, -0.15) is 9.78 Å². The standard InChI is InChI=1S/C28H24Cl2N4O4/c29-22-12-10-19(14-23(22)30)17-38-26-13-11-18(15-25(26)34(36)37)16-31-33-27(20-6-2-1-3-7-20)32-24-9-5-4-8-21(24)28(33)35/h4-5,8-16,20H,1-3,6-7,17H2. The number of hydrogen-bond donors (Lipinski definition) is 0. The van der Waals surface area contributed by atoms with Gasteiger partial charge in [0.25, 0.3) is 5.56 Å². The third-order valence-electron chi connectivity index (χ3n) is 6.63. The fourth-order valence-electron chi connectivity index (χ4n) is 4.67. The van der Waals surface area contributed by atoms with Gasteiger partial charge in [-0.05, 0) is 54.8 Å². The maximum absolute atomic E-state index is 13.4. The van der Waals surface area contributed by atoms with Gasteiger partial charge < -0.3 is 4.74 Å². The number of rotatable bonds is 7. The summed E-state index contributed by atoms with van der Waals surface area (Å²) in [6.45, 7) is 0.0774. The lowest BCUT2D eigenvalue weighted by molar-refractivity contribution is -0.385. The summed E-state index contributed by atoms with van der Waals surface area (Å²) in [5.41, 5.74) is 1.34. The molecule has 5 rings (SSSR count). The van der Waals surface area contributed by atoms with Crippen molar-refractivity contribution in [2.75, 3.05) is 0 Å². The van der Waals surface area contributed by atoms with E-state index in [-0.39, 0.29) is 29.5 Å². The van der Waals surface area contributed by atoms with Crippen LogP contribution < -0.4 is 10.3 Å². The lowest BCUT2D eigenvalue weighted by atomic mass is 9.88. The number of ether oxygens (including phenoxy) is 1. The zero-order valence-electron chi connectivity index (χ0n) is 20.3. The van der Waals surface area contributed by atoms with E-state index in [1.54, 1.807) is 36.4 Å². The second-order valence-corrected chi connectivity index (χ2v) is 10.0. The number of halogens is 2. The molecular formula is C28H24Cl2N4O4. The molecule has 1 aromatic heterocycles. The summed E-state index contributed by atoms with van der Waals surface area (Å²) in [6.07, 6.45) is 6.65. The van der Waals surface area contributed by atoms with Gasteiger partial charge >= 0.3 is 5.69 Å². The van der Waals surface area contributed by atoms with Crippen LogP contribution in [0.3, 0.4) is 0 Å². The summed E-state index contributed by atoms with van der Waals surface area (Å²) < 4.78 is 7.06. The topological polar surface area (TPSA) is 99.6 Å². The molecule has 1 aliphatic carbocycles. The van der Waals surface area contributed by atoms with Crippen LogP contribution in [0.1, 0.15) is 55.0 Å². The van der Waals surface area contributed by atoms with Crippen molar-refractivity contribution in [2.24, 2.45) is 5.10 Å². The Hall–Kier alpha value is -3.75. The van der Waals surface area contributed by atoms with Crippen LogP contribution in [-0.2, 0) is 6.61 Å². The molecule has 0 atom stereocenters. The maximum Gasteiger partial charge on any atom is 0.311 e. The predicted octanol–water partition coefficient (Wildman–Crippen LogP) is 7.12. The molecule has 1 saturated carbocycles. The highest BCUT2D eigenvalue weighted by Gasteiger charge is 2.22. The van der Waals surface area contributed by atoms with E-state index in [1.807, 2.05) is 12.1 Å². The fraction of sp³-hybridized carbons (Fsp3) is 0.250. The molecule has 0 aliphatic heterocycles. The van der Waals surface area contributed by atoms with Crippen LogP contribution in [0, 0.1) is 10.1 Å². The third-order valence-corrected chi connectivity index (χ3v) is 7.37. The van der Waals surface area contributed by atoms with Crippen molar-refractivity contribution < 1.29 is 9.66 Å². The smallest absolute Gasteiger partial charge is 0.311 e. The van der Waals surface area contributed by atoms with E-state index in [1.165, 1.54) is 29.4 Å². The number of para-hydroxylation sites is 1. The molecule has 8 nitrogen and oxygen atoms in total. The van der Waals surface area contributed by atoms with Crippen LogP contribution in [0.4, 0.5) is 5.69 Å². The van der Waals surface area contributed by atoms with Crippen molar-refractivity contribution in [3.63, 3.8) is 0 Å². The van der Waals surface area contributed by atoms with E-state index in [0.717, 1.165) is 31.2 Å². The highest BCUT2D eigenvalue weighted by molar-refractivity contribution is 6.42. The highest BCUT2D eigenvalue weighted by atomic mass is 35.5. The Morgan fingerprint density at radius 1 is 1.05 bits per heavy atom. The quantitative estimate of drug-likeness (QED) is 0.138. The first-order valence-corrected chi connectivity index (χ1v) is 13.1. The third kappa shape index (κ3) is 5.56. The molecule has 4 aromatic rings. The molecule has 0 unspecified atom stereocenters. The van der Waals surface area contributed by atoms with Crippen molar-refractivity contribution in [2.45, 2.75) is 44.6 Å². The van der Waals surface area contributed by atoms with Gasteiger partial charge in [0.15, 0.2) is 5.75 Å². The van der Waals surface area contributed by atoms with Crippen LogP contribution in [0.15, 0.2) is 70.6 Å². The van der Waals surface area contributed by atoms with Gasteiger partial charge in [-0.1, -0.05) is 60.7 Å². The SMILES string of the molecule is O=c1c2ccccc2nc(C2CCCCC2)n1N=Cc1ccc(OCc2ccc(Cl)c(Cl)c2)c([N+](=O)[O-])c1. The van der Waals surface area contributed by atoms with E-state index in [4.69, 9.17) is 32.9 Å². The molecule has 0 radical (unpaired) electrons. The molecule has 0 amide bonds. The van der Waals surface area contributed by atoms with Crippen molar-refractivity contribution in [3.8, 4) is 5.75 Å². The molecule has 194 valence electrons. The van der Waals surface area contributed by atoms with E-state index in [2.05, 4.69) is 5.10 Å². The minimum absolute atomic E-state index is 0.0774. The number of nitro groups is 1. The Morgan fingerprint density at radius 2 is 1.84 bits per heavy atom. The zero-order chi connectivity index (χ0) is 26.6. The minimum atomic E-state index is -0.515. The van der Waals surface area contributed by atoms with Gasteiger partial charge in [-0.15, -0.1) is 0 Å². The first-order valence-electron chi connectivity index (χ1n) is 12.3. The van der Waals surface area contributed by atoms with Crippen molar-refractivity contribution >= 4 is 46.0 Å². The predicted molar refractivity (Wildman–Crippen MR) is 149 cm³/mol. The second-order valence-electron chi connectivity index (χ2n) is 9.21. The lowest BCUT2D eigenvalue weighted by Gasteiger charge is -2.22. The largest absolute Gasteiger partial charge is 0.482 e. The van der Waals surface area contributed by atoms with Crippen LogP contribution >= 0.6 is 23.2 Å². The van der Waals surface area contributed by atoms with Gasteiger partial charge in [-0.3, -0.25) is 14.9 Å². The monoisotopic (exact) mass is 550 g/mol. The molecule has 1 fully saturated rings. The van der Waals surface area contributed by atoms with Crippen LogP contribution in [0.2, 0.25) is 10.0 Å². The molecule has 0 bridgehead atoms. The summed E-state index contributed by atoms with van der Waals surface area (Å²) in [7, 11) is 0. The molecule has 1 heterocycles. The minimum Gasteiger partial charge on any atom is -0.482 e. The molecule has 1 aliphatic rings. The summed E-state index contributed by atoms with van der Waals surface area (Å²) in [6, 6.07) is 16.8. The van der Waals surface area contributed by atoms with Crippen molar-refractivity contribution in [1.82, 2.24) is 9.66 Å². The van der Waals surface area contributed by atoms with Crippen LogP contribution in [0.5, 0.6) is 5.75 Å². The van der Waals surface area contributed by atoms with E-state index >= 15 is 0 Å². The summed E-state index contributed by atoms with van der Waals surface area (Å²) in [5, 5.41) is 17.5. The van der Waals surface area contributed by atoms with Crippen LogP contribution in [-0.4, -0.2) is 20.8 Å². The van der Waals surface area contributed by atoms with Gasteiger partial charge in [0.05, 0.1) is 32.1 Å². The van der Waals surface area contributed by atoms with E-state index in [9.17, 15) is 14.9 Å². The van der Waals surface area contributed by atoms with Crippen molar-refractivity contribution in [1.29, 1.82) is 0 Å².